The van der Waals surface area contributed by atoms with E-state index in [4.69, 9.17) is 9.47 Å². The third kappa shape index (κ3) is 5.24. The molecule has 4 rings (SSSR count). The van der Waals surface area contributed by atoms with Crippen molar-refractivity contribution in [3.8, 4) is 0 Å². The lowest BCUT2D eigenvalue weighted by molar-refractivity contribution is -0.137. The van der Waals surface area contributed by atoms with Gasteiger partial charge in [-0.05, 0) is 61.2 Å². The van der Waals surface area contributed by atoms with Crippen LogP contribution < -0.4 is 4.90 Å². The average Bonchev–Trinajstić information content (AvgIpc) is 3.31. The first-order valence-electron chi connectivity index (χ1n) is 10.8. The topological polar surface area (TPSA) is 59.0 Å². The van der Waals surface area contributed by atoms with Crippen molar-refractivity contribution in [1.29, 1.82) is 0 Å². The minimum Gasteiger partial charge on any atom is -0.478 e. The smallest absolute Gasteiger partial charge is 0.416 e. The van der Waals surface area contributed by atoms with Gasteiger partial charge in [0.1, 0.15) is 0 Å². The van der Waals surface area contributed by atoms with Gasteiger partial charge in [-0.3, -0.25) is 0 Å². The Morgan fingerprint density at radius 1 is 1.06 bits per heavy atom. The van der Waals surface area contributed by atoms with Gasteiger partial charge in [-0.25, -0.2) is 4.79 Å². The molecule has 0 bridgehead atoms. The van der Waals surface area contributed by atoms with Crippen LogP contribution in [0.5, 0.6) is 0 Å². The zero-order valence-corrected chi connectivity index (χ0v) is 17.6. The summed E-state index contributed by atoms with van der Waals surface area (Å²) in [7, 11) is 0. The van der Waals surface area contributed by atoms with E-state index in [2.05, 4.69) is 4.90 Å². The van der Waals surface area contributed by atoms with Crippen molar-refractivity contribution in [1.82, 2.24) is 0 Å². The molecule has 5 nitrogen and oxygen atoms in total. The first kappa shape index (κ1) is 22.6. The molecule has 2 aliphatic rings. The number of halogens is 3. The molecule has 8 heteroatoms. The molecule has 0 aromatic heterocycles. The van der Waals surface area contributed by atoms with Crippen LogP contribution in [0.25, 0.3) is 0 Å². The molecule has 1 N–H and O–H groups in total. The van der Waals surface area contributed by atoms with E-state index in [0.29, 0.717) is 26.4 Å². The zero-order chi connectivity index (χ0) is 22.7. The van der Waals surface area contributed by atoms with Crippen LogP contribution in [0.4, 0.5) is 18.9 Å². The van der Waals surface area contributed by atoms with Gasteiger partial charge >= 0.3 is 12.1 Å². The molecule has 2 aromatic carbocycles. The summed E-state index contributed by atoms with van der Waals surface area (Å²) in [6, 6.07) is 12.2. The maximum absolute atomic E-state index is 12.9. The summed E-state index contributed by atoms with van der Waals surface area (Å²) in [5.74, 6) is -0.915. The summed E-state index contributed by atoms with van der Waals surface area (Å²) in [4.78, 5) is 13.4. The maximum Gasteiger partial charge on any atom is 0.416 e. The Labute approximate surface area is 184 Å². The number of piperidine rings is 1. The molecular weight excluding hydrogens is 423 g/mol. The van der Waals surface area contributed by atoms with Crippen LogP contribution >= 0.6 is 0 Å². The minimum atomic E-state index is -4.35. The van der Waals surface area contributed by atoms with Crippen LogP contribution in [-0.2, 0) is 15.7 Å². The standard InChI is InChI=1S/C24H26F3NO4/c25-24(26,27)19-6-1-16(2-7-19)18-5-10-21(14-32-22-11-12-31-15-22)28(13-18)20-8-3-17(4-9-20)23(29)30/h1-4,6-9,18,21-22H,5,10-15H2,(H,29,30)/t18?,21-,22+/m0/s1. The number of benzene rings is 2. The van der Waals surface area contributed by atoms with E-state index in [1.165, 1.54) is 0 Å². The Morgan fingerprint density at radius 3 is 2.38 bits per heavy atom. The van der Waals surface area contributed by atoms with Crippen LogP contribution in [0.3, 0.4) is 0 Å². The number of ether oxygens (including phenoxy) is 2. The minimum absolute atomic E-state index is 0.0718. The van der Waals surface area contributed by atoms with Crippen molar-refractivity contribution in [2.45, 2.75) is 43.5 Å². The Bertz CT molecular complexity index is 908. The molecular formula is C24H26F3NO4. The molecule has 2 fully saturated rings. The Morgan fingerprint density at radius 2 is 1.78 bits per heavy atom. The summed E-state index contributed by atoms with van der Waals surface area (Å²) in [6.07, 6.45) is -1.74. The highest BCUT2D eigenvalue weighted by Gasteiger charge is 2.33. The lowest BCUT2D eigenvalue weighted by Gasteiger charge is -2.42. The molecule has 2 saturated heterocycles. The second-order valence-electron chi connectivity index (χ2n) is 8.37. The van der Waals surface area contributed by atoms with Gasteiger partial charge in [0.2, 0.25) is 0 Å². The van der Waals surface area contributed by atoms with Gasteiger partial charge < -0.3 is 19.5 Å². The highest BCUT2D eigenvalue weighted by molar-refractivity contribution is 5.88. The van der Waals surface area contributed by atoms with Crippen LogP contribution in [0.1, 0.15) is 46.7 Å². The number of nitrogens with zero attached hydrogens (tertiary/aromatic N) is 1. The number of carboxylic acid groups (broad SMARTS) is 1. The SMILES string of the molecule is O=C(O)c1ccc(N2CC(c3ccc(C(F)(F)F)cc3)CC[C@H]2CO[C@@H]2CCOC2)cc1. The van der Waals surface area contributed by atoms with E-state index in [9.17, 15) is 23.1 Å². The van der Waals surface area contributed by atoms with Gasteiger partial charge in [0, 0.05) is 24.8 Å². The Hall–Kier alpha value is -2.58. The molecule has 32 heavy (non-hydrogen) atoms. The van der Waals surface area contributed by atoms with E-state index in [1.807, 2.05) is 0 Å². The maximum atomic E-state index is 12.9. The number of rotatable bonds is 6. The van der Waals surface area contributed by atoms with Gasteiger partial charge in [-0.2, -0.15) is 13.2 Å². The highest BCUT2D eigenvalue weighted by atomic mass is 19.4. The van der Waals surface area contributed by atoms with E-state index < -0.39 is 17.7 Å². The Kier molecular flexibility index (Phi) is 6.71. The summed E-state index contributed by atoms with van der Waals surface area (Å²) >= 11 is 0. The molecule has 1 unspecified atom stereocenters. The molecule has 2 aromatic rings. The number of hydrogen-bond acceptors (Lipinski definition) is 4. The molecule has 0 radical (unpaired) electrons. The molecule has 2 heterocycles. The monoisotopic (exact) mass is 449 g/mol. The molecule has 2 aliphatic heterocycles. The van der Waals surface area contributed by atoms with Gasteiger partial charge in [-0.1, -0.05) is 12.1 Å². The van der Waals surface area contributed by atoms with Crippen molar-refractivity contribution in [3.05, 3.63) is 65.2 Å². The van der Waals surface area contributed by atoms with Crippen molar-refractivity contribution in [2.75, 3.05) is 31.3 Å². The van der Waals surface area contributed by atoms with Gasteiger partial charge in [0.05, 0.1) is 36.5 Å². The van der Waals surface area contributed by atoms with Crippen molar-refractivity contribution in [3.63, 3.8) is 0 Å². The summed E-state index contributed by atoms with van der Waals surface area (Å²) < 4.78 is 50.2. The van der Waals surface area contributed by atoms with E-state index >= 15 is 0 Å². The van der Waals surface area contributed by atoms with Crippen LogP contribution in [-0.4, -0.2) is 49.6 Å². The van der Waals surface area contributed by atoms with Crippen LogP contribution in [0, 0.1) is 0 Å². The first-order chi connectivity index (χ1) is 15.3. The lowest BCUT2D eigenvalue weighted by Crippen LogP contribution is -2.46. The summed E-state index contributed by atoms with van der Waals surface area (Å²) in [5, 5.41) is 9.19. The average molecular weight is 449 g/mol. The predicted octanol–water partition coefficient (Wildman–Crippen LogP) is 4.96. The third-order valence-corrected chi connectivity index (χ3v) is 6.27. The Balaban J connectivity index is 1.52. The molecule has 0 aliphatic carbocycles. The quantitative estimate of drug-likeness (QED) is 0.676. The van der Waals surface area contributed by atoms with E-state index in [1.54, 1.807) is 36.4 Å². The van der Waals surface area contributed by atoms with E-state index in [-0.39, 0.29) is 23.6 Å². The van der Waals surface area contributed by atoms with Crippen molar-refractivity contribution in [2.24, 2.45) is 0 Å². The van der Waals surface area contributed by atoms with Crippen LogP contribution in [0.15, 0.2) is 48.5 Å². The largest absolute Gasteiger partial charge is 0.478 e. The predicted molar refractivity (Wildman–Crippen MR) is 113 cm³/mol. The second kappa shape index (κ2) is 9.50. The molecule has 0 spiro atoms. The zero-order valence-electron chi connectivity index (χ0n) is 17.6. The van der Waals surface area contributed by atoms with Gasteiger partial charge in [0.25, 0.3) is 0 Å². The van der Waals surface area contributed by atoms with Crippen LogP contribution in [0.2, 0.25) is 0 Å². The van der Waals surface area contributed by atoms with Gasteiger partial charge in [-0.15, -0.1) is 0 Å². The molecule has 3 atom stereocenters. The number of carboxylic acids is 1. The lowest BCUT2D eigenvalue weighted by atomic mass is 9.86. The number of hydrogen-bond donors (Lipinski definition) is 1. The second-order valence-corrected chi connectivity index (χ2v) is 8.37. The summed E-state index contributed by atoms with van der Waals surface area (Å²) in [5.41, 5.74) is 1.31. The fraction of sp³-hybridized carbons (Fsp3) is 0.458. The molecule has 172 valence electrons. The first-order valence-corrected chi connectivity index (χ1v) is 10.8. The van der Waals surface area contributed by atoms with Crippen molar-refractivity contribution >= 4 is 11.7 Å². The number of aromatic carboxylic acids is 1. The fourth-order valence-electron chi connectivity index (χ4n) is 4.42. The molecule has 0 amide bonds. The molecule has 0 saturated carbocycles. The fourth-order valence-corrected chi connectivity index (χ4v) is 4.42. The number of anilines is 1. The number of alkyl halides is 3. The highest BCUT2D eigenvalue weighted by Crippen LogP contribution is 2.36. The van der Waals surface area contributed by atoms with Crippen molar-refractivity contribution < 1.29 is 32.5 Å². The third-order valence-electron chi connectivity index (χ3n) is 6.27. The number of carbonyl (C=O) groups is 1. The normalized spacial score (nSPS) is 24.0. The van der Waals surface area contributed by atoms with E-state index in [0.717, 1.165) is 42.6 Å². The summed E-state index contributed by atoms with van der Waals surface area (Å²) in [6.45, 7) is 2.43. The van der Waals surface area contributed by atoms with Gasteiger partial charge in [0.15, 0.2) is 0 Å².